The van der Waals surface area contributed by atoms with E-state index in [1.807, 2.05) is 97.1 Å². The van der Waals surface area contributed by atoms with Gasteiger partial charge < -0.3 is 18.3 Å². The van der Waals surface area contributed by atoms with Gasteiger partial charge in [-0.15, -0.1) is 0 Å². The van der Waals surface area contributed by atoms with E-state index in [1.54, 1.807) is 0 Å². The smallest absolute Gasteiger partial charge is 0.197 e. The lowest BCUT2D eigenvalue weighted by atomic mass is 9.64. The third-order valence-electron chi connectivity index (χ3n) is 21.9. The van der Waals surface area contributed by atoms with Crippen molar-refractivity contribution in [1.82, 2.24) is 18.3 Å². The number of pyridine rings is 4. The maximum Gasteiger partial charge on any atom is 0.197 e. The lowest BCUT2D eigenvalue weighted by molar-refractivity contribution is 0.386. The molecule has 2 unspecified atom stereocenters. The molecule has 0 radical (unpaired) electrons. The Morgan fingerprint density at radius 3 is 0.959 bits per heavy atom. The maximum atomic E-state index is 16.2. The second kappa shape index (κ2) is 22.8. The van der Waals surface area contributed by atoms with Crippen molar-refractivity contribution in [3.05, 3.63) is 280 Å². The average molecular weight is 1290 g/mol. The van der Waals surface area contributed by atoms with Gasteiger partial charge in [0.15, 0.2) is 21.7 Å². The van der Waals surface area contributed by atoms with Gasteiger partial charge in [0.05, 0.1) is 44.1 Å². The largest absolute Gasteiger partial charge is 0.309 e. The van der Waals surface area contributed by atoms with Gasteiger partial charge in [-0.25, -0.2) is 0 Å². The van der Waals surface area contributed by atoms with Crippen LogP contribution in [-0.2, 0) is 21.7 Å². The van der Waals surface area contributed by atoms with Crippen LogP contribution in [-0.4, -0.2) is 18.3 Å². The zero-order chi connectivity index (χ0) is 69.1. The highest BCUT2D eigenvalue weighted by atomic mass is 16.1. The van der Waals surface area contributed by atoms with E-state index in [2.05, 4.69) is 226 Å². The molecule has 2 atom stereocenters. The molecule has 0 fully saturated rings. The molecule has 8 nitrogen and oxygen atoms in total. The summed E-state index contributed by atoms with van der Waals surface area (Å²) in [5.74, 6) is 0.361. The van der Waals surface area contributed by atoms with Crippen molar-refractivity contribution in [3.63, 3.8) is 0 Å². The number of benzene rings is 10. The fourth-order valence-corrected chi connectivity index (χ4v) is 17.2. The van der Waals surface area contributed by atoms with Crippen LogP contribution < -0.4 is 21.7 Å². The van der Waals surface area contributed by atoms with E-state index in [1.165, 1.54) is 16.7 Å². The fraction of sp³-hybridized carbons (Fsp3) is 0.289. The Labute approximate surface area is 573 Å². The maximum absolute atomic E-state index is 16.2. The third kappa shape index (κ3) is 10.1. The minimum Gasteiger partial charge on any atom is -0.309 e. The fourth-order valence-electron chi connectivity index (χ4n) is 17.2. The van der Waals surface area contributed by atoms with Crippen LogP contribution in [0.25, 0.3) is 110 Å². The van der Waals surface area contributed by atoms with Crippen molar-refractivity contribution >= 4 is 87.2 Å². The van der Waals surface area contributed by atoms with Gasteiger partial charge in [0.2, 0.25) is 0 Å². The van der Waals surface area contributed by atoms with E-state index in [9.17, 15) is 0 Å². The number of nitrogens with zero attached hydrogens (tertiary/aromatic N) is 4. The number of para-hydroxylation sites is 4. The first-order valence-corrected chi connectivity index (χ1v) is 35.2. The molecular formula is C90H88N4O4. The predicted octanol–water partition coefficient (Wildman–Crippen LogP) is 21.6. The Morgan fingerprint density at radius 1 is 0.327 bits per heavy atom. The first-order valence-electron chi connectivity index (χ1n) is 35.2. The number of rotatable bonds is 6. The van der Waals surface area contributed by atoms with Gasteiger partial charge in [-0.1, -0.05) is 184 Å². The molecular weight excluding hydrogens is 1200 g/mol. The number of fused-ring (bicyclic) bond motifs is 10. The van der Waals surface area contributed by atoms with Crippen molar-refractivity contribution < 1.29 is 0 Å². The molecule has 0 saturated carbocycles. The number of hydrogen-bond donors (Lipinski definition) is 0. The van der Waals surface area contributed by atoms with Crippen LogP contribution in [0.2, 0.25) is 0 Å². The lowest BCUT2D eigenvalue weighted by Crippen LogP contribution is -2.31. The van der Waals surface area contributed by atoms with Gasteiger partial charge in [0.25, 0.3) is 0 Å². The molecule has 0 N–H and O–H groups in total. The van der Waals surface area contributed by atoms with Gasteiger partial charge in [-0.05, 0) is 224 Å². The summed E-state index contributed by atoms with van der Waals surface area (Å²) in [5, 5.41) is 4.66. The molecule has 1 aliphatic rings. The minimum absolute atomic E-state index is 0.0229. The summed E-state index contributed by atoms with van der Waals surface area (Å²) in [6.45, 7) is 36.2. The molecule has 0 bridgehead atoms. The van der Waals surface area contributed by atoms with E-state index >= 15 is 19.2 Å². The van der Waals surface area contributed by atoms with Gasteiger partial charge in [0, 0.05) is 65.8 Å². The molecule has 98 heavy (non-hydrogen) atoms. The highest BCUT2D eigenvalue weighted by Crippen LogP contribution is 2.50. The molecule has 492 valence electrons. The van der Waals surface area contributed by atoms with Crippen molar-refractivity contribution in [1.29, 1.82) is 0 Å². The molecule has 0 spiro atoms. The lowest BCUT2D eigenvalue weighted by Gasteiger charge is -2.40. The van der Waals surface area contributed by atoms with Crippen LogP contribution in [0.5, 0.6) is 0 Å². The molecule has 15 rings (SSSR count). The summed E-state index contributed by atoms with van der Waals surface area (Å²) in [5.41, 5.74) is 17.0. The Morgan fingerprint density at radius 2 is 0.592 bits per heavy atom. The summed E-state index contributed by atoms with van der Waals surface area (Å²) < 4.78 is 8.83. The van der Waals surface area contributed by atoms with E-state index in [4.69, 9.17) is 0 Å². The Balaban J connectivity index is 0.979. The SMILES string of the molecule is CC(C)c1cc2c(=O)c3cc4c(cc3n(-c3ccccc3)c2cc1C(C)C)c(=O)c1cc2c(cc1n4-c1ccccc1)C(C)CC(C)(C)c1cc3c(=O)c4cc5c(cc4n(-c4ccccc4)c3cc1C(C)(C)CC2C)c(=O)c1cc(C(C)(C)C)c(C(C)(C)C)cc1n5-c1ccccc1. The quantitative estimate of drug-likeness (QED) is 0.155. The number of hydrogen-bond acceptors (Lipinski definition) is 4. The van der Waals surface area contributed by atoms with Crippen LogP contribution in [0.1, 0.15) is 192 Å². The Hall–Kier alpha value is -9.92. The van der Waals surface area contributed by atoms with Gasteiger partial charge in [-0.3, -0.25) is 19.2 Å². The average Bonchev–Trinajstić information content (AvgIpc) is 0.713. The predicted molar refractivity (Wildman–Crippen MR) is 413 cm³/mol. The van der Waals surface area contributed by atoms with Gasteiger partial charge in [-0.2, -0.15) is 0 Å². The van der Waals surface area contributed by atoms with Crippen LogP contribution in [0.15, 0.2) is 213 Å². The molecule has 4 heterocycles. The van der Waals surface area contributed by atoms with E-state index in [0.717, 1.165) is 85.5 Å². The highest BCUT2D eigenvalue weighted by Gasteiger charge is 2.38. The monoisotopic (exact) mass is 1290 g/mol. The molecule has 0 saturated heterocycles. The normalized spacial score (nSPS) is 16.0. The first kappa shape index (κ1) is 64.1. The van der Waals surface area contributed by atoms with Crippen molar-refractivity contribution in [2.45, 2.75) is 169 Å². The number of aromatic nitrogens is 4. The van der Waals surface area contributed by atoms with Crippen LogP contribution in [0.4, 0.5) is 0 Å². The van der Waals surface area contributed by atoms with Crippen LogP contribution >= 0.6 is 0 Å². The Kier molecular flexibility index (Phi) is 14.9. The zero-order valence-electron chi connectivity index (χ0n) is 59.6. The summed E-state index contributed by atoms with van der Waals surface area (Å²) in [6, 6.07) is 66.7. The molecule has 14 aromatic rings. The molecule has 4 aromatic heterocycles. The summed E-state index contributed by atoms with van der Waals surface area (Å²) >= 11 is 0. The Bertz CT molecular complexity index is 5930. The third-order valence-corrected chi connectivity index (χ3v) is 21.9. The molecule has 1 aliphatic carbocycles. The highest BCUT2D eigenvalue weighted by molar-refractivity contribution is 6.08. The summed E-state index contributed by atoms with van der Waals surface area (Å²) in [6.07, 6.45) is 1.44. The second-order valence-electron chi connectivity index (χ2n) is 32.4. The van der Waals surface area contributed by atoms with Crippen molar-refractivity contribution in [2.75, 3.05) is 0 Å². The standard InChI is InChI=1S/C90H88N4O4/c1-51(2)59-37-63-75(41-60(59)52(3)4)91(55-29-21-17-22-30-55)77-44-68-78(43-67(77)83(63)95)92(56-31-23-18-24-32-56)76-42-62-54(6)50-89(13,14)73-40-66-82(48-74(73)90(15,16)49-53(5)61(62)38-64(76)84(68)96)94(58-35-27-20-28-36-58)80-45-69-79(46-70(80)86(66)98)93(57-33-25-19-26-34-57)81-47-72(88(10,11)12)71(87(7,8)9)39-65(81)85(69)97/h17-48,51-54H,49-50H2,1-16H3. The molecule has 10 aromatic carbocycles. The van der Waals surface area contributed by atoms with Crippen LogP contribution in [0, 0.1) is 0 Å². The van der Waals surface area contributed by atoms with Gasteiger partial charge in [0.1, 0.15) is 0 Å². The van der Waals surface area contributed by atoms with E-state index < -0.39 is 10.8 Å². The van der Waals surface area contributed by atoms with Crippen molar-refractivity contribution in [2.24, 2.45) is 0 Å². The minimum atomic E-state index is -0.493. The first-order chi connectivity index (χ1) is 46.5. The van der Waals surface area contributed by atoms with Crippen molar-refractivity contribution in [3.8, 4) is 22.7 Å². The molecule has 0 aliphatic heterocycles. The van der Waals surface area contributed by atoms with Crippen LogP contribution in [0.3, 0.4) is 0 Å². The second-order valence-corrected chi connectivity index (χ2v) is 32.4. The summed E-state index contributed by atoms with van der Waals surface area (Å²) in [7, 11) is 0. The topological polar surface area (TPSA) is 88.0 Å². The van der Waals surface area contributed by atoms with Gasteiger partial charge >= 0.3 is 0 Å². The van der Waals surface area contributed by atoms with E-state index in [-0.39, 0.29) is 56.2 Å². The zero-order valence-corrected chi connectivity index (χ0v) is 59.6. The molecule has 8 heteroatoms. The van der Waals surface area contributed by atoms with E-state index in [0.29, 0.717) is 65.2 Å². The molecule has 0 amide bonds. The summed E-state index contributed by atoms with van der Waals surface area (Å²) in [4.78, 5) is 63.5.